The Labute approximate surface area is 60.5 Å². The number of hydrogen-bond donors (Lipinski definition) is 0. The lowest BCUT2D eigenvalue weighted by Crippen LogP contribution is -1.78. The van der Waals surface area contributed by atoms with Crippen LogP contribution in [-0.2, 0) is 4.74 Å². The van der Waals surface area contributed by atoms with Crippen molar-refractivity contribution in [2.45, 2.75) is 6.92 Å². The molecule has 2 heteroatoms. The molecule has 0 heterocycles. The van der Waals surface area contributed by atoms with E-state index in [-0.39, 0.29) is 0 Å². The molecule has 0 rings (SSSR count). The molecule has 0 N–H and O–H groups in total. The first kappa shape index (κ1) is 8.95. The first-order chi connectivity index (χ1) is 4.70. The molecule has 0 aromatic rings. The monoisotopic (exact) mass is 142 g/mol. The van der Waals surface area contributed by atoms with Gasteiger partial charge in [0.1, 0.15) is 11.6 Å². The zero-order valence-corrected chi connectivity index (χ0v) is 6.23. The van der Waals surface area contributed by atoms with E-state index in [4.69, 9.17) is 4.74 Å². The van der Waals surface area contributed by atoms with Gasteiger partial charge >= 0.3 is 0 Å². The number of allylic oxidation sites excluding steroid dienone is 4. The molecule has 1 nitrogen and oxygen atoms in total. The highest BCUT2D eigenvalue weighted by Gasteiger charge is 1.85. The van der Waals surface area contributed by atoms with E-state index in [1.165, 1.54) is 19.3 Å². The SMILES string of the molecule is C=C(F)C=CC(=CC)OC. The lowest BCUT2D eigenvalue weighted by atomic mass is 10.4. The molecule has 0 radical (unpaired) electrons. The molecule has 0 saturated heterocycles. The molecule has 0 aromatic carbocycles. The quantitative estimate of drug-likeness (QED) is 0.434. The molecule has 0 aliphatic heterocycles. The Morgan fingerprint density at radius 3 is 2.40 bits per heavy atom. The fourth-order valence-electron chi connectivity index (χ4n) is 0.455. The van der Waals surface area contributed by atoms with Gasteiger partial charge in [0.2, 0.25) is 0 Å². The van der Waals surface area contributed by atoms with Crippen LogP contribution in [0.4, 0.5) is 4.39 Å². The molecule has 0 unspecified atom stereocenters. The van der Waals surface area contributed by atoms with Crippen molar-refractivity contribution in [2.75, 3.05) is 7.11 Å². The van der Waals surface area contributed by atoms with Crippen molar-refractivity contribution >= 4 is 0 Å². The minimum absolute atomic E-state index is 0.476. The molecular formula is C8H11FO. The van der Waals surface area contributed by atoms with Crippen molar-refractivity contribution < 1.29 is 9.13 Å². The van der Waals surface area contributed by atoms with Crippen LogP contribution in [0.25, 0.3) is 0 Å². The fourth-order valence-corrected chi connectivity index (χ4v) is 0.455. The lowest BCUT2D eigenvalue weighted by Gasteiger charge is -1.95. The Morgan fingerprint density at radius 1 is 1.50 bits per heavy atom. The maximum absolute atomic E-state index is 12.0. The van der Waals surface area contributed by atoms with Crippen LogP contribution in [0.15, 0.2) is 36.4 Å². The Balaban J connectivity index is 3.98. The molecule has 0 fully saturated rings. The highest BCUT2D eigenvalue weighted by molar-refractivity contribution is 5.18. The topological polar surface area (TPSA) is 9.23 Å². The summed E-state index contributed by atoms with van der Waals surface area (Å²) >= 11 is 0. The van der Waals surface area contributed by atoms with Crippen molar-refractivity contribution in [3.05, 3.63) is 36.4 Å². The van der Waals surface area contributed by atoms with Crippen molar-refractivity contribution in [1.82, 2.24) is 0 Å². The van der Waals surface area contributed by atoms with Crippen LogP contribution in [-0.4, -0.2) is 7.11 Å². The van der Waals surface area contributed by atoms with Crippen LogP contribution < -0.4 is 0 Å². The second kappa shape index (κ2) is 4.79. The smallest absolute Gasteiger partial charge is 0.116 e. The molecule has 0 aliphatic rings. The van der Waals surface area contributed by atoms with E-state index < -0.39 is 5.83 Å². The van der Waals surface area contributed by atoms with Crippen molar-refractivity contribution in [1.29, 1.82) is 0 Å². The summed E-state index contributed by atoms with van der Waals surface area (Å²) in [7, 11) is 1.53. The standard InChI is InChI=1S/C8H11FO/c1-4-8(10-3)6-5-7(2)9/h4-6H,2H2,1,3H3. The van der Waals surface area contributed by atoms with Gasteiger partial charge in [0.15, 0.2) is 0 Å². The maximum atomic E-state index is 12.0. The Kier molecular flexibility index (Phi) is 4.29. The fraction of sp³-hybridized carbons (Fsp3) is 0.250. The minimum Gasteiger partial charge on any atom is -0.497 e. The van der Waals surface area contributed by atoms with E-state index in [0.29, 0.717) is 5.76 Å². The van der Waals surface area contributed by atoms with Crippen molar-refractivity contribution in [2.24, 2.45) is 0 Å². The summed E-state index contributed by atoms with van der Waals surface area (Å²) < 4.78 is 16.8. The van der Waals surface area contributed by atoms with Gasteiger partial charge in [-0.05, 0) is 25.2 Å². The molecule has 0 amide bonds. The number of ether oxygens (including phenoxy) is 1. The van der Waals surface area contributed by atoms with E-state index in [1.54, 1.807) is 6.08 Å². The third-order valence-corrected chi connectivity index (χ3v) is 0.949. The molecule has 0 aromatic heterocycles. The zero-order valence-electron chi connectivity index (χ0n) is 6.23. The van der Waals surface area contributed by atoms with Crippen LogP contribution in [0.5, 0.6) is 0 Å². The van der Waals surface area contributed by atoms with Gasteiger partial charge in [-0.1, -0.05) is 6.58 Å². The summed E-state index contributed by atoms with van der Waals surface area (Å²) in [4.78, 5) is 0. The Hall–Kier alpha value is -1.05. The molecule has 0 saturated carbocycles. The summed E-state index contributed by atoms with van der Waals surface area (Å²) in [5.41, 5.74) is 0. The van der Waals surface area contributed by atoms with Gasteiger partial charge in [-0.25, -0.2) is 4.39 Å². The second-order valence-electron chi connectivity index (χ2n) is 1.68. The van der Waals surface area contributed by atoms with Gasteiger partial charge in [-0.3, -0.25) is 0 Å². The molecule has 0 spiro atoms. The summed E-state index contributed by atoms with van der Waals surface area (Å²) in [6.45, 7) is 4.87. The molecule has 0 aliphatic carbocycles. The van der Waals surface area contributed by atoms with E-state index in [2.05, 4.69) is 6.58 Å². The first-order valence-electron chi connectivity index (χ1n) is 2.93. The van der Waals surface area contributed by atoms with E-state index in [1.807, 2.05) is 6.92 Å². The highest BCUT2D eigenvalue weighted by atomic mass is 19.1. The third kappa shape index (κ3) is 3.89. The number of halogens is 1. The van der Waals surface area contributed by atoms with E-state index >= 15 is 0 Å². The first-order valence-corrected chi connectivity index (χ1v) is 2.93. The van der Waals surface area contributed by atoms with Gasteiger partial charge in [-0.2, -0.15) is 0 Å². The number of rotatable bonds is 3. The summed E-state index contributed by atoms with van der Waals surface area (Å²) in [6.07, 6.45) is 4.50. The largest absolute Gasteiger partial charge is 0.497 e. The molecule has 0 atom stereocenters. The summed E-state index contributed by atoms with van der Waals surface area (Å²) in [6, 6.07) is 0. The van der Waals surface area contributed by atoms with Crippen LogP contribution >= 0.6 is 0 Å². The highest BCUT2D eigenvalue weighted by Crippen LogP contribution is 2.00. The van der Waals surface area contributed by atoms with Gasteiger partial charge < -0.3 is 4.74 Å². The molecule has 0 bridgehead atoms. The minimum atomic E-state index is -0.476. The predicted molar refractivity (Wildman–Crippen MR) is 40.2 cm³/mol. The Bertz CT molecular complexity index is 168. The second-order valence-corrected chi connectivity index (χ2v) is 1.68. The molecule has 10 heavy (non-hydrogen) atoms. The Morgan fingerprint density at radius 2 is 2.10 bits per heavy atom. The average molecular weight is 142 g/mol. The predicted octanol–water partition coefficient (Wildman–Crippen LogP) is 2.58. The number of methoxy groups -OCH3 is 1. The number of hydrogen-bond acceptors (Lipinski definition) is 1. The third-order valence-electron chi connectivity index (χ3n) is 0.949. The maximum Gasteiger partial charge on any atom is 0.116 e. The van der Waals surface area contributed by atoms with Crippen LogP contribution in [0.2, 0.25) is 0 Å². The summed E-state index contributed by atoms with van der Waals surface area (Å²) in [5.74, 6) is 0.148. The van der Waals surface area contributed by atoms with Gasteiger partial charge in [0, 0.05) is 0 Å². The lowest BCUT2D eigenvalue weighted by molar-refractivity contribution is 0.306. The van der Waals surface area contributed by atoms with Crippen LogP contribution in [0.3, 0.4) is 0 Å². The van der Waals surface area contributed by atoms with Gasteiger partial charge in [0.25, 0.3) is 0 Å². The van der Waals surface area contributed by atoms with E-state index in [9.17, 15) is 4.39 Å². The molecule has 56 valence electrons. The van der Waals surface area contributed by atoms with Crippen molar-refractivity contribution in [3.63, 3.8) is 0 Å². The zero-order chi connectivity index (χ0) is 7.98. The van der Waals surface area contributed by atoms with Crippen molar-refractivity contribution in [3.8, 4) is 0 Å². The van der Waals surface area contributed by atoms with E-state index in [0.717, 1.165) is 0 Å². The van der Waals surface area contributed by atoms with Crippen LogP contribution in [0, 0.1) is 0 Å². The normalized spacial score (nSPS) is 12.1. The van der Waals surface area contributed by atoms with Gasteiger partial charge in [-0.15, -0.1) is 0 Å². The molecular weight excluding hydrogens is 131 g/mol. The van der Waals surface area contributed by atoms with Crippen LogP contribution in [0.1, 0.15) is 6.92 Å². The van der Waals surface area contributed by atoms with Gasteiger partial charge in [0.05, 0.1) is 7.11 Å². The summed E-state index contributed by atoms with van der Waals surface area (Å²) in [5, 5.41) is 0. The average Bonchev–Trinajstić information content (AvgIpc) is 1.90.